The Morgan fingerprint density at radius 2 is 1.00 bits per heavy atom. The van der Waals surface area contributed by atoms with Gasteiger partial charge in [-0.25, -0.2) is 4.57 Å². The van der Waals surface area contributed by atoms with Crippen molar-refractivity contribution in [2.45, 2.75) is 219 Å². The summed E-state index contributed by atoms with van der Waals surface area (Å²) >= 11 is 0. The topological polar surface area (TPSA) is 105 Å². The summed E-state index contributed by atoms with van der Waals surface area (Å²) in [7, 11) is 1.55. The third-order valence-electron chi connectivity index (χ3n) is 10.4. The van der Waals surface area contributed by atoms with Crippen LogP contribution in [0, 0.1) is 0 Å². The van der Waals surface area contributed by atoms with Crippen molar-refractivity contribution in [1.82, 2.24) is 5.32 Å². The van der Waals surface area contributed by atoms with Crippen molar-refractivity contribution in [2.75, 3.05) is 40.9 Å². The number of nitrogens with one attached hydrogen (secondary N) is 1. The quantitative estimate of drug-likeness (QED) is 0.0245. The van der Waals surface area contributed by atoms with E-state index >= 15 is 0 Å². The van der Waals surface area contributed by atoms with Gasteiger partial charge in [-0.1, -0.05) is 198 Å². The van der Waals surface area contributed by atoms with Crippen LogP contribution in [0.3, 0.4) is 0 Å². The Bertz CT molecular complexity index is 1010. The van der Waals surface area contributed by atoms with Gasteiger partial charge >= 0.3 is 7.82 Å². The smallest absolute Gasteiger partial charge is 0.387 e. The molecule has 3 unspecified atom stereocenters. The standard InChI is InChI=1S/C47H91N2O6P/c1-6-8-10-12-14-16-18-19-20-21-22-23-24-25-26-27-28-29-30-31-33-35-37-39-41-47(51)48-45(44-55-56(52,53)54-43-42-49(3,4)5)46(50)40-38-36-34-32-17-15-13-11-9-7-2/h9,11,17,32,38,40,45-46,50H,6-8,10,12-16,18-31,33-37,39,41-44H2,1-5H3,(H-,48,51,52,53)/p+1/b11-9+,32-17+,40-38+. The first-order valence-electron chi connectivity index (χ1n) is 23.4. The molecule has 0 aromatic heterocycles. The number of likely N-dealkylation sites (N-methyl/N-ethyl adjacent to an activating group) is 1. The molecule has 0 aromatic carbocycles. The summed E-state index contributed by atoms with van der Waals surface area (Å²) in [5, 5.41) is 13.7. The van der Waals surface area contributed by atoms with Crippen LogP contribution in [0.5, 0.6) is 0 Å². The fourth-order valence-corrected chi connectivity index (χ4v) is 7.41. The monoisotopic (exact) mass is 812 g/mol. The van der Waals surface area contributed by atoms with Crippen molar-refractivity contribution in [2.24, 2.45) is 0 Å². The van der Waals surface area contributed by atoms with E-state index in [4.69, 9.17) is 9.05 Å². The van der Waals surface area contributed by atoms with E-state index in [1.165, 1.54) is 135 Å². The van der Waals surface area contributed by atoms with Gasteiger partial charge in [0, 0.05) is 6.42 Å². The fourth-order valence-electron chi connectivity index (χ4n) is 6.67. The zero-order valence-electron chi connectivity index (χ0n) is 37.4. The van der Waals surface area contributed by atoms with E-state index in [1.54, 1.807) is 6.08 Å². The maximum absolute atomic E-state index is 12.9. The van der Waals surface area contributed by atoms with Crippen molar-refractivity contribution >= 4 is 13.7 Å². The molecule has 56 heavy (non-hydrogen) atoms. The molecule has 3 N–H and O–H groups in total. The number of aliphatic hydroxyl groups is 1. The van der Waals surface area contributed by atoms with Gasteiger partial charge in [0.1, 0.15) is 13.2 Å². The molecule has 0 aromatic rings. The lowest BCUT2D eigenvalue weighted by Crippen LogP contribution is -2.45. The van der Waals surface area contributed by atoms with Gasteiger partial charge in [0.2, 0.25) is 5.91 Å². The summed E-state index contributed by atoms with van der Waals surface area (Å²) < 4.78 is 23.5. The van der Waals surface area contributed by atoms with Crippen LogP contribution in [0.1, 0.15) is 206 Å². The number of aliphatic hydroxyl groups excluding tert-OH is 1. The second-order valence-electron chi connectivity index (χ2n) is 17.1. The number of phosphoric acid groups is 1. The van der Waals surface area contributed by atoms with E-state index in [0.29, 0.717) is 17.4 Å². The van der Waals surface area contributed by atoms with Gasteiger partial charge < -0.3 is 19.8 Å². The van der Waals surface area contributed by atoms with Crippen molar-refractivity contribution in [3.05, 3.63) is 36.5 Å². The molecule has 0 aliphatic rings. The highest BCUT2D eigenvalue weighted by atomic mass is 31.2. The number of phosphoric ester groups is 1. The summed E-state index contributed by atoms with van der Waals surface area (Å²) in [6.45, 7) is 4.67. The summed E-state index contributed by atoms with van der Waals surface area (Å²) in [6.07, 6.45) is 48.2. The Labute approximate surface area is 347 Å². The Morgan fingerprint density at radius 3 is 1.41 bits per heavy atom. The van der Waals surface area contributed by atoms with E-state index in [9.17, 15) is 19.4 Å². The zero-order valence-corrected chi connectivity index (χ0v) is 38.3. The number of carbonyl (C=O) groups is 1. The maximum atomic E-state index is 12.9. The van der Waals surface area contributed by atoms with Crippen molar-refractivity contribution in [1.29, 1.82) is 0 Å². The zero-order chi connectivity index (χ0) is 41.4. The van der Waals surface area contributed by atoms with Gasteiger partial charge in [0.25, 0.3) is 0 Å². The molecule has 0 bridgehead atoms. The van der Waals surface area contributed by atoms with Crippen LogP contribution in [0.2, 0.25) is 0 Å². The Kier molecular flexibility index (Phi) is 38.3. The van der Waals surface area contributed by atoms with E-state index < -0.39 is 20.0 Å². The van der Waals surface area contributed by atoms with Gasteiger partial charge in [-0.3, -0.25) is 13.8 Å². The number of rotatable bonds is 42. The number of hydrogen-bond acceptors (Lipinski definition) is 5. The van der Waals surface area contributed by atoms with Gasteiger partial charge in [-0.15, -0.1) is 0 Å². The molecule has 0 aliphatic carbocycles. The highest BCUT2D eigenvalue weighted by Crippen LogP contribution is 2.43. The number of amides is 1. The average Bonchev–Trinajstić information content (AvgIpc) is 3.15. The molecule has 0 rings (SSSR count). The van der Waals surface area contributed by atoms with E-state index in [2.05, 4.69) is 43.5 Å². The van der Waals surface area contributed by atoms with Gasteiger partial charge in [-0.05, 0) is 38.5 Å². The average molecular weight is 812 g/mol. The summed E-state index contributed by atoms with van der Waals surface area (Å²) in [5.41, 5.74) is 0. The highest BCUT2D eigenvalue weighted by Gasteiger charge is 2.27. The normalized spacial score (nSPS) is 14.6. The molecule has 0 radical (unpaired) electrons. The minimum absolute atomic E-state index is 0.0543. The SMILES string of the molecule is CC/C=C/CC/C=C/CC/C=C/C(O)C(COP(=O)(O)OCC[N+](C)(C)C)NC(=O)CCCCCCCCCCCCCCCCCCCCCCCCCC. The predicted octanol–water partition coefficient (Wildman–Crippen LogP) is 13.1. The van der Waals surface area contributed by atoms with Crippen molar-refractivity contribution in [3.63, 3.8) is 0 Å². The molecule has 0 fully saturated rings. The highest BCUT2D eigenvalue weighted by molar-refractivity contribution is 7.47. The Balaban J connectivity index is 4.17. The van der Waals surface area contributed by atoms with Crippen LogP contribution in [0.15, 0.2) is 36.5 Å². The molecule has 0 saturated carbocycles. The number of nitrogens with zero attached hydrogens (tertiary/aromatic N) is 1. The van der Waals surface area contributed by atoms with Crippen molar-refractivity contribution < 1.29 is 32.9 Å². The van der Waals surface area contributed by atoms with Gasteiger partial charge in [0.05, 0.1) is 39.9 Å². The Morgan fingerprint density at radius 1 is 0.607 bits per heavy atom. The molecule has 3 atom stereocenters. The van der Waals surface area contributed by atoms with Crippen LogP contribution in [0.25, 0.3) is 0 Å². The third-order valence-corrected chi connectivity index (χ3v) is 11.3. The van der Waals surface area contributed by atoms with E-state index in [-0.39, 0.29) is 19.1 Å². The number of carbonyl (C=O) groups excluding carboxylic acids is 1. The molecule has 0 heterocycles. The lowest BCUT2D eigenvalue weighted by molar-refractivity contribution is -0.870. The predicted molar refractivity (Wildman–Crippen MR) is 240 cm³/mol. The van der Waals surface area contributed by atoms with E-state index in [1.807, 2.05) is 27.2 Å². The summed E-state index contributed by atoms with van der Waals surface area (Å²) in [6, 6.07) is -0.864. The van der Waals surface area contributed by atoms with Crippen LogP contribution in [0.4, 0.5) is 0 Å². The number of allylic oxidation sites excluding steroid dienone is 5. The van der Waals surface area contributed by atoms with Crippen LogP contribution in [-0.4, -0.2) is 73.4 Å². The largest absolute Gasteiger partial charge is 0.472 e. The second kappa shape index (κ2) is 39.2. The molecule has 1 amide bonds. The fraction of sp³-hybridized carbons (Fsp3) is 0.851. The molecular weight excluding hydrogens is 719 g/mol. The maximum Gasteiger partial charge on any atom is 0.472 e. The van der Waals surface area contributed by atoms with E-state index in [0.717, 1.165) is 51.4 Å². The first-order chi connectivity index (χ1) is 27.0. The number of hydrogen-bond donors (Lipinski definition) is 3. The van der Waals surface area contributed by atoms with Gasteiger partial charge in [-0.2, -0.15) is 0 Å². The molecule has 0 spiro atoms. The first-order valence-corrected chi connectivity index (χ1v) is 24.9. The lowest BCUT2D eigenvalue weighted by Gasteiger charge is -2.25. The van der Waals surface area contributed by atoms with Crippen LogP contribution < -0.4 is 5.32 Å². The van der Waals surface area contributed by atoms with Crippen molar-refractivity contribution in [3.8, 4) is 0 Å². The second-order valence-corrected chi connectivity index (χ2v) is 18.5. The first kappa shape index (κ1) is 54.7. The molecule has 330 valence electrons. The molecule has 0 saturated heterocycles. The van der Waals surface area contributed by atoms with Crippen LogP contribution >= 0.6 is 7.82 Å². The lowest BCUT2D eigenvalue weighted by atomic mass is 10.0. The van der Waals surface area contributed by atoms with Gasteiger partial charge in [0.15, 0.2) is 0 Å². The number of quaternary nitrogens is 1. The molecule has 9 heteroatoms. The Hall–Kier alpha value is -1.28. The molecule has 8 nitrogen and oxygen atoms in total. The molecule has 0 aliphatic heterocycles. The number of unbranched alkanes of at least 4 members (excludes halogenated alkanes) is 25. The van der Waals surface area contributed by atoms with Crippen LogP contribution in [-0.2, 0) is 18.4 Å². The summed E-state index contributed by atoms with van der Waals surface area (Å²) in [4.78, 5) is 23.1. The third kappa shape index (κ3) is 40.9. The summed E-state index contributed by atoms with van der Waals surface area (Å²) in [5.74, 6) is -0.191. The minimum atomic E-state index is -4.34. The molecular formula is C47H92N2O6P+. The minimum Gasteiger partial charge on any atom is -0.387 e.